The third-order valence-corrected chi connectivity index (χ3v) is 3.50. The minimum Gasteiger partial charge on any atom is -0.422 e. The second kappa shape index (κ2) is 3.35. The minimum absolute atomic E-state index is 0.296. The summed E-state index contributed by atoms with van der Waals surface area (Å²) in [5.74, 6) is 0. The van der Waals surface area contributed by atoms with Gasteiger partial charge in [-0.2, -0.15) is 0 Å². The molecule has 0 saturated heterocycles. The number of fused-ring (bicyclic) bond motifs is 2. The van der Waals surface area contributed by atoms with Crippen LogP contribution in [0.15, 0.2) is 39.6 Å². The van der Waals surface area contributed by atoms with Gasteiger partial charge in [-0.1, -0.05) is 24.3 Å². The van der Waals surface area contributed by atoms with Gasteiger partial charge in [0, 0.05) is 30.1 Å². The Balaban J connectivity index is 2.20. The van der Waals surface area contributed by atoms with E-state index in [-0.39, 0.29) is 5.63 Å². The molecule has 1 aromatic carbocycles. The van der Waals surface area contributed by atoms with Crippen LogP contribution in [-0.4, -0.2) is 13.1 Å². The topological polar surface area (TPSA) is 33.5 Å². The van der Waals surface area contributed by atoms with E-state index in [9.17, 15) is 4.79 Å². The van der Waals surface area contributed by atoms with Crippen LogP contribution in [0.4, 0.5) is 5.69 Å². The third-order valence-electron chi connectivity index (χ3n) is 3.50. The first-order valence-electron chi connectivity index (χ1n) is 6.02. The van der Waals surface area contributed by atoms with E-state index in [1.165, 1.54) is 17.3 Å². The Kier molecular flexibility index (Phi) is 1.81. The Morgan fingerprint density at radius 1 is 1.11 bits per heavy atom. The number of rotatable bonds is 0. The second-order valence-corrected chi connectivity index (χ2v) is 4.61. The summed E-state index contributed by atoms with van der Waals surface area (Å²) in [6, 6.07) is 5.38. The van der Waals surface area contributed by atoms with Crippen LogP contribution in [0.3, 0.4) is 0 Å². The molecule has 0 N–H and O–H groups in total. The van der Waals surface area contributed by atoms with Crippen LogP contribution in [0, 0.1) is 0 Å². The van der Waals surface area contributed by atoms with E-state index in [1.54, 1.807) is 0 Å². The molecule has 0 bridgehead atoms. The number of anilines is 1. The molecule has 0 aliphatic carbocycles. The number of hydrogen-bond acceptors (Lipinski definition) is 3. The van der Waals surface area contributed by atoms with Crippen molar-refractivity contribution in [3.05, 3.63) is 51.9 Å². The Bertz CT molecular complexity index is 768. The fourth-order valence-electron chi connectivity index (χ4n) is 2.75. The average molecular weight is 237 g/mol. The van der Waals surface area contributed by atoms with E-state index in [2.05, 4.69) is 35.3 Å². The lowest BCUT2D eigenvalue weighted by atomic mass is 9.96. The predicted molar refractivity (Wildman–Crippen MR) is 72.8 cm³/mol. The van der Waals surface area contributed by atoms with Gasteiger partial charge in [0.1, 0.15) is 5.58 Å². The standard InChI is InChI=1S/C15H11NO2/c17-13-6-5-11-9-10-3-1-7-16-8-2-4-12(14(10)16)15(11)18-13/h1-6,9H,7-8H2. The number of benzene rings is 1. The van der Waals surface area contributed by atoms with Crippen molar-refractivity contribution in [3.63, 3.8) is 0 Å². The van der Waals surface area contributed by atoms with Crippen LogP contribution in [0.25, 0.3) is 23.1 Å². The Morgan fingerprint density at radius 2 is 1.94 bits per heavy atom. The van der Waals surface area contributed by atoms with Crippen molar-refractivity contribution in [3.8, 4) is 0 Å². The van der Waals surface area contributed by atoms with Crippen molar-refractivity contribution in [2.24, 2.45) is 0 Å². The van der Waals surface area contributed by atoms with Gasteiger partial charge in [-0.25, -0.2) is 4.79 Å². The first-order valence-corrected chi connectivity index (χ1v) is 6.02. The minimum atomic E-state index is -0.296. The van der Waals surface area contributed by atoms with Crippen molar-refractivity contribution < 1.29 is 4.42 Å². The zero-order valence-corrected chi connectivity index (χ0v) is 9.72. The third kappa shape index (κ3) is 1.21. The van der Waals surface area contributed by atoms with E-state index in [1.807, 2.05) is 6.07 Å². The average Bonchev–Trinajstić information content (AvgIpc) is 2.40. The molecule has 1 aromatic heterocycles. The number of nitrogens with zero attached hydrogens (tertiary/aromatic N) is 1. The summed E-state index contributed by atoms with van der Waals surface area (Å²) < 4.78 is 5.37. The normalized spacial score (nSPS) is 16.1. The van der Waals surface area contributed by atoms with Gasteiger partial charge in [-0.15, -0.1) is 0 Å². The maximum atomic E-state index is 11.4. The molecule has 0 amide bonds. The summed E-state index contributed by atoms with van der Waals surface area (Å²) in [6.07, 6.45) is 8.47. The van der Waals surface area contributed by atoms with Gasteiger partial charge < -0.3 is 9.32 Å². The van der Waals surface area contributed by atoms with Crippen LogP contribution in [-0.2, 0) is 0 Å². The molecule has 0 atom stereocenters. The zero-order valence-electron chi connectivity index (χ0n) is 9.72. The fraction of sp³-hybridized carbons (Fsp3) is 0.133. The molecule has 18 heavy (non-hydrogen) atoms. The molecule has 4 rings (SSSR count). The summed E-state index contributed by atoms with van der Waals surface area (Å²) in [6.45, 7) is 1.82. The Hall–Kier alpha value is -2.29. The molecule has 3 heterocycles. The molecule has 2 aliphatic rings. The highest BCUT2D eigenvalue weighted by Gasteiger charge is 2.21. The van der Waals surface area contributed by atoms with Gasteiger partial charge in [-0.3, -0.25) is 0 Å². The molecule has 3 heteroatoms. The lowest BCUT2D eigenvalue weighted by Crippen LogP contribution is -2.28. The van der Waals surface area contributed by atoms with E-state index < -0.39 is 0 Å². The van der Waals surface area contributed by atoms with Crippen LogP contribution in [0.1, 0.15) is 11.1 Å². The van der Waals surface area contributed by atoms with Crippen molar-refractivity contribution in [1.82, 2.24) is 0 Å². The largest absolute Gasteiger partial charge is 0.422 e. The highest BCUT2D eigenvalue weighted by Crippen LogP contribution is 2.38. The zero-order chi connectivity index (χ0) is 12.1. The van der Waals surface area contributed by atoms with Crippen molar-refractivity contribution in [2.45, 2.75) is 0 Å². The van der Waals surface area contributed by atoms with Gasteiger partial charge in [0.2, 0.25) is 0 Å². The van der Waals surface area contributed by atoms with Gasteiger partial charge in [-0.05, 0) is 17.7 Å². The summed E-state index contributed by atoms with van der Waals surface area (Å²) in [5, 5.41) is 0.974. The second-order valence-electron chi connectivity index (χ2n) is 4.61. The van der Waals surface area contributed by atoms with Crippen molar-refractivity contribution in [2.75, 3.05) is 18.0 Å². The molecule has 0 saturated carbocycles. The maximum absolute atomic E-state index is 11.4. The molecule has 88 valence electrons. The molecule has 2 aromatic rings. The first-order chi connectivity index (χ1) is 8.83. The lowest BCUT2D eigenvalue weighted by Gasteiger charge is -2.31. The quantitative estimate of drug-likeness (QED) is 0.660. The predicted octanol–water partition coefficient (Wildman–Crippen LogP) is 2.65. The van der Waals surface area contributed by atoms with Gasteiger partial charge in [0.05, 0.1) is 5.69 Å². The van der Waals surface area contributed by atoms with Crippen molar-refractivity contribution >= 4 is 28.8 Å². The van der Waals surface area contributed by atoms with Gasteiger partial charge >= 0.3 is 5.63 Å². The fourth-order valence-corrected chi connectivity index (χ4v) is 2.75. The molecule has 0 unspecified atom stereocenters. The Labute approximate surface area is 104 Å². The van der Waals surface area contributed by atoms with Gasteiger partial charge in [0.25, 0.3) is 0 Å². The van der Waals surface area contributed by atoms with E-state index in [4.69, 9.17) is 4.42 Å². The highest BCUT2D eigenvalue weighted by atomic mass is 16.4. The summed E-state index contributed by atoms with van der Waals surface area (Å²) in [7, 11) is 0. The molecule has 0 fully saturated rings. The van der Waals surface area contributed by atoms with Crippen LogP contribution in [0.2, 0.25) is 0 Å². The van der Waals surface area contributed by atoms with Crippen LogP contribution >= 0.6 is 0 Å². The molecular formula is C15H11NO2. The Morgan fingerprint density at radius 3 is 2.83 bits per heavy atom. The monoisotopic (exact) mass is 237 g/mol. The van der Waals surface area contributed by atoms with Crippen LogP contribution in [0.5, 0.6) is 0 Å². The molecule has 0 spiro atoms. The highest BCUT2D eigenvalue weighted by molar-refractivity contribution is 5.98. The first kappa shape index (κ1) is 9.71. The SMILES string of the molecule is O=c1ccc2cc3c4c(c2o1)C=CCN4CC=C3. The summed E-state index contributed by atoms with van der Waals surface area (Å²) >= 11 is 0. The summed E-state index contributed by atoms with van der Waals surface area (Å²) in [4.78, 5) is 13.7. The van der Waals surface area contributed by atoms with E-state index >= 15 is 0 Å². The van der Waals surface area contributed by atoms with Crippen LogP contribution < -0.4 is 10.5 Å². The lowest BCUT2D eigenvalue weighted by molar-refractivity contribution is 0.560. The van der Waals surface area contributed by atoms with Crippen molar-refractivity contribution in [1.29, 1.82) is 0 Å². The molecular weight excluding hydrogens is 226 g/mol. The van der Waals surface area contributed by atoms with Gasteiger partial charge in [0.15, 0.2) is 0 Å². The number of hydrogen-bond donors (Lipinski definition) is 0. The molecule has 3 nitrogen and oxygen atoms in total. The molecule has 0 radical (unpaired) electrons. The summed E-state index contributed by atoms with van der Waals surface area (Å²) in [5.41, 5.74) is 3.80. The van der Waals surface area contributed by atoms with E-state index in [0.29, 0.717) is 5.58 Å². The van der Waals surface area contributed by atoms with E-state index in [0.717, 1.165) is 24.0 Å². The molecule has 2 aliphatic heterocycles. The smallest absolute Gasteiger partial charge is 0.336 e. The maximum Gasteiger partial charge on any atom is 0.336 e.